The number of fused-ring (bicyclic) bond motifs is 2. The van der Waals surface area contributed by atoms with Crippen molar-refractivity contribution in [3.8, 4) is 0 Å². The van der Waals surface area contributed by atoms with Gasteiger partial charge in [0, 0.05) is 11.1 Å². The summed E-state index contributed by atoms with van der Waals surface area (Å²) in [6, 6.07) is 6.93. The van der Waals surface area contributed by atoms with Crippen molar-refractivity contribution in [1.82, 2.24) is 4.98 Å². The summed E-state index contributed by atoms with van der Waals surface area (Å²) in [6.07, 6.45) is 0. The van der Waals surface area contributed by atoms with Crippen LogP contribution in [-0.4, -0.2) is 22.3 Å². The van der Waals surface area contributed by atoms with E-state index in [0.29, 0.717) is 21.7 Å². The maximum absolute atomic E-state index is 12.3. The normalized spacial score (nSPS) is 13.4. The number of thioether (sulfide) groups is 1. The van der Waals surface area contributed by atoms with Crippen LogP contribution >= 0.6 is 23.1 Å². The van der Waals surface area contributed by atoms with Gasteiger partial charge in [0.25, 0.3) is 0 Å². The highest BCUT2D eigenvalue weighted by atomic mass is 32.2. The molecular weight excluding hydrogens is 266 g/mol. The zero-order chi connectivity index (χ0) is 12.7. The number of nitrogens with zero attached hydrogens (tertiary/aromatic N) is 1. The number of carbonyl (C=O) groups is 2. The van der Waals surface area contributed by atoms with Gasteiger partial charge in [0.1, 0.15) is 10.6 Å². The minimum Gasteiger partial charge on any atom is -0.288 e. The lowest BCUT2D eigenvalue weighted by molar-refractivity contribution is 0.0979. The number of thiazole rings is 1. The smallest absolute Gasteiger partial charge is 0.213 e. The van der Waals surface area contributed by atoms with Gasteiger partial charge >= 0.3 is 0 Å². The highest BCUT2D eigenvalue weighted by molar-refractivity contribution is 8.01. The van der Waals surface area contributed by atoms with E-state index in [1.54, 1.807) is 36.0 Å². The molecule has 1 heterocycles. The summed E-state index contributed by atoms with van der Waals surface area (Å²) in [5.74, 6) is 0.655. The van der Waals surface area contributed by atoms with Crippen LogP contribution in [0.25, 0.3) is 0 Å². The first-order chi connectivity index (χ1) is 8.72. The third-order valence-electron chi connectivity index (χ3n) is 2.71. The van der Waals surface area contributed by atoms with Crippen molar-refractivity contribution in [1.29, 1.82) is 0 Å². The molecule has 0 unspecified atom stereocenters. The van der Waals surface area contributed by atoms with E-state index in [0.717, 1.165) is 10.1 Å². The van der Waals surface area contributed by atoms with Gasteiger partial charge in [-0.15, -0.1) is 11.3 Å². The van der Waals surface area contributed by atoms with Gasteiger partial charge in [-0.1, -0.05) is 43.0 Å². The fourth-order valence-electron chi connectivity index (χ4n) is 1.92. The Morgan fingerprint density at radius 2 is 1.83 bits per heavy atom. The summed E-state index contributed by atoms with van der Waals surface area (Å²) in [7, 11) is 0. The standard InChI is InChI=1S/C13H9NO2S2/c1-2-17-13-14-9-10(15)7-5-3-4-6-8(7)11(16)12(9)18-13/h3-6H,2H2,1H3. The summed E-state index contributed by atoms with van der Waals surface area (Å²) < 4.78 is 0.789. The molecule has 0 N–H and O–H groups in total. The molecule has 3 rings (SSSR count). The Bertz CT molecular complexity index is 608. The minimum absolute atomic E-state index is 0.0827. The van der Waals surface area contributed by atoms with Gasteiger partial charge in [-0.2, -0.15) is 0 Å². The molecule has 1 aliphatic rings. The molecular formula is C13H9NO2S2. The molecule has 0 radical (unpaired) electrons. The monoisotopic (exact) mass is 275 g/mol. The fraction of sp³-hybridized carbons (Fsp3) is 0.154. The molecule has 0 aliphatic heterocycles. The minimum atomic E-state index is -0.139. The Morgan fingerprint density at radius 3 is 2.50 bits per heavy atom. The molecule has 0 fully saturated rings. The molecule has 18 heavy (non-hydrogen) atoms. The number of carbonyl (C=O) groups excluding carboxylic acids is 2. The molecule has 0 bridgehead atoms. The van der Waals surface area contributed by atoms with E-state index in [-0.39, 0.29) is 11.6 Å². The Kier molecular flexibility index (Phi) is 2.80. The van der Waals surface area contributed by atoms with E-state index in [1.807, 2.05) is 6.92 Å². The first-order valence-corrected chi connectivity index (χ1v) is 7.34. The van der Waals surface area contributed by atoms with Gasteiger partial charge in [0.15, 0.2) is 4.34 Å². The van der Waals surface area contributed by atoms with Crippen molar-refractivity contribution in [3.05, 3.63) is 46.0 Å². The largest absolute Gasteiger partial charge is 0.288 e. The van der Waals surface area contributed by atoms with Gasteiger partial charge in [0.05, 0.1) is 0 Å². The second kappa shape index (κ2) is 4.33. The molecule has 1 aliphatic carbocycles. The van der Waals surface area contributed by atoms with Crippen LogP contribution in [0.3, 0.4) is 0 Å². The predicted octanol–water partition coefficient (Wildman–Crippen LogP) is 3.03. The van der Waals surface area contributed by atoms with E-state index >= 15 is 0 Å². The molecule has 0 saturated heterocycles. The number of rotatable bonds is 2. The highest BCUT2D eigenvalue weighted by Crippen LogP contribution is 2.34. The summed E-state index contributed by atoms with van der Waals surface area (Å²) in [5, 5.41) is 0. The van der Waals surface area contributed by atoms with Gasteiger partial charge in [-0.25, -0.2) is 4.98 Å². The molecule has 0 saturated carbocycles. The number of aromatic nitrogens is 1. The van der Waals surface area contributed by atoms with E-state index < -0.39 is 0 Å². The number of ketones is 2. The van der Waals surface area contributed by atoms with Crippen LogP contribution in [0.15, 0.2) is 28.6 Å². The maximum atomic E-state index is 12.3. The van der Waals surface area contributed by atoms with Crippen LogP contribution < -0.4 is 0 Å². The zero-order valence-corrected chi connectivity index (χ0v) is 11.2. The SMILES string of the molecule is CCSc1nc2c(s1)C(=O)c1ccccc1C2=O. The van der Waals surface area contributed by atoms with E-state index in [2.05, 4.69) is 4.98 Å². The summed E-state index contributed by atoms with van der Waals surface area (Å²) in [6.45, 7) is 2.02. The van der Waals surface area contributed by atoms with Crippen LogP contribution in [0.1, 0.15) is 38.2 Å². The van der Waals surface area contributed by atoms with Crippen molar-refractivity contribution < 1.29 is 9.59 Å². The lowest BCUT2D eigenvalue weighted by Crippen LogP contribution is -2.19. The van der Waals surface area contributed by atoms with Crippen molar-refractivity contribution in [2.75, 3.05) is 5.75 Å². The number of hydrogen-bond donors (Lipinski definition) is 0. The zero-order valence-electron chi connectivity index (χ0n) is 9.60. The van der Waals surface area contributed by atoms with E-state index in [1.165, 1.54) is 11.3 Å². The molecule has 0 amide bonds. The van der Waals surface area contributed by atoms with Crippen LogP contribution in [0.4, 0.5) is 0 Å². The first-order valence-electron chi connectivity index (χ1n) is 5.54. The number of benzene rings is 1. The Labute approximate surface area is 112 Å². The average Bonchev–Trinajstić information content (AvgIpc) is 2.81. The van der Waals surface area contributed by atoms with Crippen LogP contribution in [-0.2, 0) is 0 Å². The number of hydrogen-bond acceptors (Lipinski definition) is 5. The van der Waals surface area contributed by atoms with E-state index in [4.69, 9.17) is 0 Å². The third kappa shape index (κ3) is 1.62. The van der Waals surface area contributed by atoms with Gasteiger partial charge in [-0.05, 0) is 5.75 Å². The molecule has 0 atom stereocenters. The molecule has 1 aromatic carbocycles. The predicted molar refractivity (Wildman–Crippen MR) is 71.8 cm³/mol. The maximum Gasteiger partial charge on any atom is 0.213 e. The van der Waals surface area contributed by atoms with Crippen molar-refractivity contribution in [3.63, 3.8) is 0 Å². The molecule has 5 heteroatoms. The molecule has 2 aromatic rings. The topological polar surface area (TPSA) is 47.0 Å². The van der Waals surface area contributed by atoms with E-state index in [9.17, 15) is 9.59 Å². The Morgan fingerprint density at radius 1 is 1.17 bits per heavy atom. The van der Waals surface area contributed by atoms with Crippen molar-refractivity contribution in [2.24, 2.45) is 0 Å². The molecule has 1 aromatic heterocycles. The molecule has 3 nitrogen and oxygen atoms in total. The van der Waals surface area contributed by atoms with Crippen LogP contribution in [0.5, 0.6) is 0 Å². The summed E-state index contributed by atoms with van der Waals surface area (Å²) in [4.78, 5) is 29.3. The lowest BCUT2D eigenvalue weighted by Gasteiger charge is -2.11. The average molecular weight is 275 g/mol. The Hall–Kier alpha value is -1.46. The second-order valence-corrected chi connectivity index (χ2v) is 6.30. The third-order valence-corrected chi connectivity index (χ3v) is 4.79. The summed E-state index contributed by atoms with van der Waals surface area (Å²) >= 11 is 2.87. The summed E-state index contributed by atoms with van der Waals surface area (Å²) in [5.41, 5.74) is 1.28. The highest BCUT2D eigenvalue weighted by Gasteiger charge is 2.33. The molecule has 90 valence electrons. The second-order valence-electron chi connectivity index (χ2n) is 3.79. The Balaban J connectivity index is 2.18. The van der Waals surface area contributed by atoms with Crippen LogP contribution in [0.2, 0.25) is 0 Å². The quantitative estimate of drug-likeness (QED) is 0.674. The molecule has 0 spiro atoms. The van der Waals surface area contributed by atoms with Gasteiger partial charge < -0.3 is 0 Å². The van der Waals surface area contributed by atoms with Crippen LogP contribution in [0, 0.1) is 0 Å². The van der Waals surface area contributed by atoms with Gasteiger partial charge in [0.2, 0.25) is 11.6 Å². The van der Waals surface area contributed by atoms with Crippen molar-refractivity contribution in [2.45, 2.75) is 11.3 Å². The first kappa shape index (κ1) is 11.6. The fourth-order valence-corrected chi connectivity index (χ4v) is 3.91. The van der Waals surface area contributed by atoms with Gasteiger partial charge in [-0.3, -0.25) is 9.59 Å². The lowest BCUT2D eigenvalue weighted by atomic mass is 9.92. The van der Waals surface area contributed by atoms with Crippen molar-refractivity contribution >= 4 is 34.7 Å².